The predicted molar refractivity (Wildman–Crippen MR) is 82.3 cm³/mol. The Morgan fingerprint density at radius 1 is 1.05 bits per heavy atom. The molecule has 102 valence electrons. The Balaban J connectivity index is 2.17. The number of hydrogen-bond donors (Lipinski definition) is 0. The van der Waals surface area contributed by atoms with Crippen LogP contribution in [-0.4, -0.2) is 12.9 Å². The van der Waals surface area contributed by atoms with Crippen molar-refractivity contribution in [3.63, 3.8) is 0 Å². The molecule has 0 aliphatic heterocycles. The van der Waals surface area contributed by atoms with Gasteiger partial charge in [0.1, 0.15) is 5.75 Å². The number of ketones is 1. The topological polar surface area (TPSA) is 26.3 Å². The fourth-order valence-corrected chi connectivity index (χ4v) is 1.98. The second-order valence-corrected chi connectivity index (χ2v) is 4.79. The van der Waals surface area contributed by atoms with Crippen LogP contribution >= 0.6 is 0 Å². The van der Waals surface area contributed by atoms with Crippen molar-refractivity contribution in [3.8, 4) is 5.75 Å². The first-order valence-electron chi connectivity index (χ1n) is 6.54. The van der Waals surface area contributed by atoms with Gasteiger partial charge in [-0.3, -0.25) is 4.79 Å². The van der Waals surface area contributed by atoms with Crippen molar-refractivity contribution < 1.29 is 9.53 Å². The van der Waals surface area contributed by atoms with Crippen LogP contribution in [0.5, 0.6) is 5.75 Å². The summed E-state index contributed by atoms with van der Waals surface area (Å²) in [5.74, 6) is 0.838. The number of aryl methyl sites for hydroxylation is 2. The summed E-state index contributed by atoms with van der Waals surface area (Å²) < 4.78 is 5.10. The number of hydrogen-bond acceptors (Lipinski definition) is 2. The molecule has 0 aliphatic carbocycles. The van der Waals surface area contributed by atoms with Gasteiger partial charge in [-0.25, -0.2) is 0 Å². The maximum absolute atomic E-state index is 12.2. The van der Waals surface area contributed by atoms with Crippen LogP contribution in [0.4, 0.5) is 0 Å². The zero-order chi connectivity index (χ0) is 14.5. The lowest BCUT2D eigenvalue weighted by Gasteiger charge is -2.03. The maximum Gasteiger partial charge on any atom is 0.186 e. The quantitative estimate of drug-likeness (QED) is 0.612. The minimum Gasteiger partial charge on any atom is -0.497 e. The summed E-state index contributed by atoms with van der Waals surface area (Å²) in [7, 11) is 1.63. The lowest BCUT2D eigenvalue weighted by Crippen LogP contribution is -1.98. The van der Waals surface area contributed by atoms with E-state index in [0.717, 1.165) is 28.0 Å². The molecule has 0 bridgehead atoms. The molecule has 2 nitrogen and oxygen atoms in total. The molecule has 2 aromatic carbocycles. The van der Waals surface area contributed by atoms with Gasteiger partial charge in [0, 0.05) is 5.56 Å². The molecule has 0 saturated heterocycles. The van der Waals surface area contributed by atoms with E-state index in [1.807, 2.05) is 62.4 Å². The van der Waals surface area contributed by atoms with Gasteiger partial charge in [-0.1, -0.05) is 35.9 Å². The minimum absolute atomic E-state index is 0.0296. The summed E-state index contributed by atoms with van der Waals surface area (Å²) in [5.41, 5.74) is 3.83. The van der Waals surface area contributed by atoms with Gasteiger partial charge >= 0.3 is 0 Å². The molecule has 0 N–H and O–H groups in total. The lowest BCUT2D eigenvalue weighted by atomic mass is 10.0. The Bertz CT molecular complexity index is 637. The molecule has 0 spiro atoms. The maximum atomic E-state index is 12.2. The molecule has 0 radical (unpaired) electrons. The largest absolute Gasteiger partial charge is 0.497 e. The molecule has 0 unspecified atom stereocenters. The van der Waals surface area contributed by atoms with Crippen LogP contribution in [0.15, 0.2) is 48.5 Å². The van der Waals surface area contributed by atoms with Crippen molar-refractivity contribution >= 4 is 11.9 Å². The number of benzene rings is 2. The van der Waals surface area contributed by atoms with Crippen LogP contribution in [0.2, 0.25) is 0 Å². The second-order valence-electron chi connectivity index (χ2n) is 4.79. The summed E-state index contributed by atoms with van der Waals surface area (Å²) in [6, 6.07) is 13.5. The van der Waals surface area contributed by atoms with E-state index in [4.69, 9.17) is 4.74 Å². The number of carbonyl (C=O) groups is 1. The number of methoxy groups -OCH3 is 1. The van der Waals surface area contributed by atoms with Gasteiger partial charge in [0.05, 0.1) is 7.11 Å². The molecule has 2 rings (SSSR count). The van der Waals surface area contributed by atoms with Crippen LogP contribution in [0, 0.1) is 13.8 Å². The van der Waals surface area contributed by atoms with E-state index in [1.165, 1.54) is 0 Å². The van der Waals surface area contributed by atoms with Crippen molar-refractivity contribution in [1.29, 1.82) is 0 Å². The molecule has 2 aromatic rings. The highest BCUT2D eigenvalue weighted by atomic mass is 16.5. The third kappa shape index (κ3) is 3.35. The molecule has 0 aliphatic rings. The van der Waals surface area contributed by atoms with E-state index in [-0.39, 0.29) is 5.78 Å². The summed E-state index contributed by atoms with van der Waals surface area (Å²) >= 11 is 0. The van der Waals surface area contributed by atoms with E-state index in [1.54, 1.807) is 13.2 Å². The summed E-state index contributed by atoms with van der Waals surface area (Å²) in [5, 5.41) is 0. The summed E-state index contributed by atoms with van der Waals surface area (Å²) in [6.45, 7) is 3.94. The molecule has 0 atom stereocenters. The first kappa shape index (κ1) is 14.1. The van der Waals surface area contributed by atoms with Crippen LogP contribution < -0.4 is 4.74 Å². The number of carbonyl (C=O) groups excluding carboxylic acids is 1. The summed E-state index contributed by atoms with van der Waals surface area (Å²) in [6.07, 6.45) is 3.44. The number of rotatable bonds is 4. The molecule has 2 heteroatoms. The Labute approximate surface area is 119 Å². The highest BCUT2D eigenvalue weighted by Gasteiger charge is 2.05. The van der Waals surface area contributed by atoms with Gasteiger partial charge < -0.3 is 4.74 Å². The van der Waals surface area contributed by atoms with E-state index in [2.05, 4.69) is 0 Å². The van der Waals surface area contributed by atoms with Gasteiger partial charge in [-0.05, 0) is 49.2 Å². The van der Waals surface area contributed by atoms with Gasteiger partial charge in [-0.2, -0.15) is 0 Å². The summed E-state index contributed by atoms with van der Waals surface area (Å²) in [4.78, 5) is 12.2. The molecule has 0 saturated carbocycles. The Morgan fingerprint density at radius 2 is 1.75 bits per heavy atom. The normalized spacial score (nSPS) is 10.8. The highest BCUT2D eigenvalue weighted by Crippen LogP contribution is 2.15. The van der Waals surface area contributed by atoms with Crippen molar-refractivity contribution in [2.45, 2.75) is 13.8 Å². The second kappa shape index (κ2) is 6.20. The molecule has 20 heavy (non-hydrogen) atoms. The molecule has 0 amide bonds. The SMILES string of the molecule is COc1ccc(/C=C/C(=O)c2cc(C)ccc2C)cc1. The van der Waals surface area contributed by atoms with E-state index >= 15 is 0 Å². The average Bonchev–Trinajstić information content (AvgIpc) is 2.47. The molecular weight excluding hydrogens is 248 g/mol. The Kier molecular flexibility index (Phi) is 4.36. The average molecular weight is 266 g/mol. The zero-order valence-corrected chi connectivity index (χ0v) is 12.0. The predicted octanol–water partition coefficient (Wildman–Crippen LogP) is 4.21. The van der Waals surface area contributed by atoms with Gasteiger partial charge in [-0.15, -0.1) is 0 Å². The standard InChI is InChI=1S/C18H18O2/c1-13-4-5-14(2)17(12-13)18(19)11-8-15-6-9-16(20-3)10-7-15/h4-12H,1-3H3/b11-8+. The fourth-order valence-electron chi connectivity index (χ4n) is 1.98. The molecule has 0 fully saturated rings. The van der Waals surface area contributed by atoms with Crippen molar-refractivity contribution in [2.24, 2.45) is 0 Å². The number of ether oxygens (including phenoxy) is 1. The van der Waals surface area contributed by atoms with Crippen molar-refractivity contribution in [1.82, 2.24) is 0 Å². The molecule has 0 heterocycles. The van der Waals surface area contributed by atoms with Crippen LogP contribution in [0.25, 0.3) is 6.08 Å². The van der Waals surface area contributed by atoms with Crippen LogP contribution in [-0.2, 0) is 0 Å². The van der Waals surface area contributed by atoms with Gasteiger partial charge in [0.2, 0.25) is 0 Å². The zero-order valence-electron chi connectivity index (χ0n) is 12.0. The van der Waals surface area contributed by atoms with E-state index in [9.17, 15) is 4.79 Å². The molecule has 0 aromatic heterocycles. The van der Waals surface area contributed by atoms with E-state index in [0.29, 0.717) is 0 Å². The first-order valence-corrected chi connectivity index (χ1v) is 6.54. The van der Waals surface area contributed by atoms with Crippen LogP contribution in [0.1, 0.15) is 27.0 Å². The lowest BCUT2D eigenvalue weighted by molar-refractivity contribution is 0.104. The smallest absolute Gasteiger partial charge is 0.186 e. The van der Waals surface area contributed by atoms with Crippen LogP contribution in [0.3, 0.4) is 0 Å². The van der Waals surface area contributed by atoms with Gasteiger partial charge in [0.25, 0.3) is 0 Å². The van der Waals surface area contributed by atoms with Crippen molar-refractivity contribution in [2.75, 3.05) is 7.11 Å². The third-order valence-corrected chi connectivity index (χ3v) is 3.20. The Hall–Kier alpha value is -2.35. The fraction of sp³-hybridized carbons (Fsp3) is 0.167. The number of allylic oxidation sites excluding steroid dienone is 1. The monoisotopic (exact) mass is 266 g/mol. The van der Waals surface area contributed by atoms with Gasteiger partial charge in [0.15, 0.2) is 5.78 Å². The van der Waals surface area contributed by atoms with Crippen molar-refractivity contribution in [3.05, 3.63) is 70.8 Å². The highest BCUT2D eigenvalue weighted by molar-refractivity contribution is 6.07. The Morgan fingerprint density at radius 3 is 2.40 bits per heavy atom. The van der Waals surface area contributed by atoms with E-state index < -0.39 is 0 Å². The first-order chi connectivity index (χ1) is 9.60. The third-order valence-electron chi connectivity index (χ3n) is 3.20. The molecular formula is C18H18O2. The minimum atomic E-state index is 0.0296.